The van der Waals surface area contributed by atoms with Crippen LogP contribution in [-0.4, -0.2) is 25.8 Å². The zero-order valence-corrected chi connectivity index (χ0v) is 18.0. The van der Waals surface area contributed by atoms with Crippen molar-refractivity contribution in [1.82, 2.24) is 5.32 Å². The minimum absolute atomic E-state index is 0.0787. The Labute approximate surface area is 181 Å². The molecule has 0 saturated carbocycles. The van der Waals surface area contributed by atoms with Gasteiger partial charge in [0, 0.05) is 60.3 Å². The van der Waals surface area contributed by atoms with Gasteiger partial charge >= 0.3 is 0 Å². The lowest BCUT2D eigenvalue weighted by molar-refractivity contribution is -0.116. The minimum Gasteiger partial charge on any atom is -0.378 e. The summed E-state index contributed by atoms with van der Waals surface area (Å²) in [6, 6.07) is 13.6. The number of benzene rings is 2. The molecule has 2 aliphatic rings. The van der Waals surface area contributed by atoms with Crippen LogP contribution in [0, 0.1) is 5.82 Å². The molecule has 4 rings (SSSR count). The van der Waals surface area contributed by atoms with Crippen molar-refractivity contribution in [3.63, 3.8) is 0 Å². The van der Waals surface area contributed by atoms with Gasteiger partial charge in [0.15, 0.2) is 5.78 Å². The predicted molar refractivity (Wildman–Crippen MR) is 120 cm³/mol. The Bertz CT molecular complexity index is 1080. The lowest BCUT2D eigenvalue weighted by Gasteiger charge is -2.34. The number of hydrogen-bond acceptors (Lipinski definition) is 4. The summed E-state index contributed by atoms with van der Waals surface area (Å²) in [5.74, 6) is -1.03. The minimum atomic E-state index is -0.444. The number of halogens is 1. The van der Waals surface area contributed by atoms with Crippen LogP contribution in [0.25, 0.3) is 0 Å². The van der Waals surface area contributed by atoms with Crippen LogP contribution in [0.1, 0.15) is 37.7 Å². The average Bonchev–Trinajstić information content (AvgIpc) is 2.74. The lowest BCUT2D eigenvalue weighted by atomic mass is 9.75. The van der Waals surface area contributed by atoms with E-state index in [0.717, 1.165) is 35.5 Å². The van der Waals surface area contributed by atoms with Crippen LogP contribution < -0.4 is 15.5 Å². The van der Waals surface area contributed by atoms with E-state index in [9.17, 15) is 14.0 Å². The molecule has 2 aromatic carbocycles. The highest BCUT2D eigenvalue weighted by Crippen LogP contribution is 2.42. The van der Waals surface area contributed by atoms with E-state index in [2.05, 4.69) is 10.6 Å². The normalized spacial score (nSPS) is 18.5. The molecular weight excluding hydrogens is 393 g/mol. The molecule has 0 radical (unpaired) electrons. The van der Waals surface area contributed by atoms with Gasteiger partial charge in [0.25, 0.3) is 5.91 Å². The van der Waals surface area contributed by atoms with E-state index in [1.165, 1.54) is 24.3 Å². The maximum atomic E-state index is 13.4. The molecule has 6 heteroatoms. The van der Waals surface area contributed by atoms with Crippen LogP contribution in [-0.2, 0) is 9.59 Å². The number of nitrogens with one attached hydrogen (secondary N) is 2. The quantitative estimate of drug-likeness (QED) is 0.766. The monoisotopic (exact) mass is 419 g/mol. The molecule has 0 bridgehead atoms. The molecule has 31 heavy (non-hydrogen) atoms. The Balaban J connectivity index is 1.76. The summed E-state index contributed by atoms with van der Waals surface area (Å²) < 4.78 is 13.3. The topological polar surface area (TPSA) is 61.4 Å². The van der Waals surface area contributed by atoms with E-state index >= 15 is 0 Å². The van der Waals surface area contributed by atoms with Crippen molar-refractivity contribution in [2.75, 3.05) is 24.3 Å². The predicted octanol–water partition coefficient (Wildman–Crippen LogP) is 4.50. The SMILES string of the molecule is CC1=C(C(=O)Nc2ccc(F)cc2)[C@@H](c2ccc(N(C)C)cc2)C2=C(CCCC2=O)N1. The van der Waals surface area contributed by atoms with Gasteiger partial charge in [0.05, 0.1) is 0 Å². The molecule has 0 saturated heterocycles. The van der Waals surface area contributed by atoms with Crippen molar-refractivity contribution < 1.29 is 14.0 Å². The van der Waals surface area contributed by atoms with E-state index in [4.69, 9.17) is 0 Å². The highest BCUT2D eigenvalue weighted by molar-refractivity contribution is 6.09. The van der Waals surface area contributed by atoms with Crippen molar-refractivity contribution >= 4 is 23.1 Å². The fourth-order valence-corrected chi connectivity index (χ4v) is 4.31. The molecule has 1 aliphatic heterocycles. The van der Waals surface area contributed by atoms with Gasteiger partial charge < -0.3 is 15.5 Å². The van der Waals surface area contributed by atoms with Crippen LogP contribution in [0.5, 0.6) is 0 Å². The van der Waals surface area contributed by atoms with Crippen LogP contribution in [0.15, 0.2) is 71.1 Å². The third kappa shape index (κ3) is 4.10. The number of Topliss-reactive ketones (excluding diaryl/α,β-unsaturated/α-hetero) is 1. The maximum absolute atomic E-state index is 13.4. The van der Waals surface area contributed by atoms with E-state index in [-0.39, 0.29) is 17.5 Å². The van der Waals surface area contributed by atoms with Crippen LogP contribution in [0.3, 0.4) is 0 Å². The molecule has 1 heterocycles. The van der Waals surface area contributed by atoms with Gasteiger partial charge in [-0.25, -0.2) is 4.39 Å². The molecular formula is C25H26FN3O2. The molecule has 1 aliphatic carbocycles. The number of allylic oxidation sites excluding steroid dienone is 3. The van der Waals surface area contributed by atoms with Crippen LogP contribution in [0.2, 0.25) is 0 Å². The molecule has 5 nitrogen and oxygen atoms in total. The average molecular weight is 420 g/mol. The molecule has 1 atom stereocenters. The molecule has 0 spiro atoms. The van der Waals surface area contributed by atoms with Gasteiger partial charge in [-0.2, -0.15) is 0 Å². The molecule has 160 valence electrons. The first-order chi connectivity index (χ1) is 14.8. The Kier molecular flexibility index (Phi) is 5.63. The molecule has 0 unspecified atom stereocenters. The zero-order valence-electron chi connectivity index (χ0n) is 18.0. The van der Waals surface area contributed by atoms with E-state index in [1.54, 1.807) is 0 Å². The van der Waals surface area contributed by atoms with Gasteiger partial charge in [-0.1, -0.05) is 12.1 Å². The summed E-state index contributed by atoms with van der Waals surface area (Å²) in [5.41, 5.74) is 5.28. The number of carbonyl (C=O) groups excluding carboxylic acids is 2. The largest absolute Gasteiger partial charge is 0.378 e. The maximum Gasteiger partial charge on any atom is 0.254 e. The molecule has 2 aromatic rings. The van der Waals surface area contributed by atoms with Crippen LogP contribution >= 0.6 is 0 Å². The fourth-order valence-electron chi connectivity index (χ4n) is 4.31. The number of anilines is 2. The molecule has 0 aromatic heterocycles. The third-order valence-electron chi connectivity index (χ3n) is 5.87. The highest BCUT2D eigenvalue weighted by atomic mass is 19.1. The van der Waals surface area contributed by atoms with E-state index in [1.807, 2.05) is 50.2 Å². The number of carbonyl (C=O) groups is 2. The van der Waals surface area contributed by atoms with Crippen molar-refractivity contribution in [2.45, 2.75) is 32.1 Å². The number of ketones is 1. The number of amides is 1. The highest BCUT2D eigenvalue weighted by Gasteiger charge is 2.38. The second-order valence-electron chi connectivity index (χ2n) is 8.21. The number of nitrogens with zero attached hydrogens (tertiary/aromatic N) is 1. The molecule has 2 N–H and O–H groups in total. The number of rotatable bonds is 4. The van der Waals surface area contributed by atoms with Gasteiger partial charge in [-0.05, 0) is 61.7 Å². The van der Waals surface area contributed by atoms with Gasteiger partial charge in [-0.3, -0.25) is 9.59 Å². The van der Waals surface area contributed by atoms with Crippen molar-refractivity contribution in [3.8, 4) is 0 Å². The second kappa shape index (κ2) is 8.38. The third-order valence-corrected chi connectivity index (χ3v) is 5.87. The zero-order chi connectivity index (χ0) is 22.1. The van der Waals surface area contributed by atoms with Crippen LogP contribution in [0.4, 0.5) is 15.8 Å². The molecule has 0 fully saturated rings. The smallest absolute Gasteiger partial charge is 0.254 e. The summed E-state index contributed by atoms with van der Waals surface area (Å²) in [5, 5.41) is 6.18. The van der Waals surface area contributed by atoms with E-state index < -0.39 is 5.92 Å². The Morgan fingerprint density at radius 2 is 1.74 bits per heavy atom. The standard InChI is InChI=1S/C25H26FN3O2/c1-15-22(25(31)28-18-11-9-17(26)10-12-18)23(16-7-13-19(14-8-16)29(2)3)24-20(27-15)5-4-6-21(24)30/h7-14,23,27H,4-6H2,1-3H3,(H,28,31)/t23-/m1/s1. The van der Waals surface area contributed by atoms with Gasteiger partial charge in [-0.15, -0.1) is 0 Å². The van der Waals surface area contributed by atoms with Crippen molar-refractivity contribution in [2.24, 2.45) is 0 Å². The van der Waals surface area contributed by atoms with Gasteiger partial charge in [0.1, 0.15) is 5.82 Å². The number of hydrogen-bond donors (Lipinski definition) is 2. The summed E-state index contributed by atoms with van der Waals surface area (Å²) in [4.78, 5) is 28.3. The summed E-state index contributed by atoms with van der Waals surface area (Å²) >= 11 is 0. The molecule has 1 amide bonds. The second-order valence-corrected chi connectivity index (χ2v) is 8.21. The lowest BCUT2D eigenvalue weighted by Crippen LogP contribution is -2.35. The Morgan fingerprint density at radius 1 is 1.06 bits per heavy atom. The summed E-state index contributed by atoms with van der Waals surface area (Å²) in [7, 11) is 3.94. The first-order valence-corrected chi connectivity index (χ1v) is 10.4. The fraction of sp³-hybridized carbons (Fsp3) is 0.280. The first kappa shape index (κ1) is 20.8. The van der Waals surface area contributed by atoms with E-state index in [0.29, 0.717) is 23.3 Å². The Hall–Kier alpha value is -3.41. The van der Waals surface area contributed by atoms with Crippen molar-refractivity contribution in [3.05, 3.63) is 82.5 Å². The first-order valence-electron chi connectivity index (χ1n) is 10.4. The summed E-state index contributed by atoms with van der Waals surface area (Å²) in [6.45, 7) is 1.86. The number of dihydropyridines is 1. The summed E-state index contributed by atoms with van der Waals surface area (Å²) in [6.07, 6.45) is 2.08. The van der Waals surface area contributed by atoms with Crippen molar-refractivity contribution in [1.29, 1.82) is 0 Å². The Morgan fingerprint density at radius 3 is 2.39 bits per heavy atom. The van der Waals surface area contributed by atoms with Gasteiger partial charge in [0.2, 0.25) is 0 Å².